The van der Waals surface area contributed by atoms with Crippen LogP contribution in [-0.2, 0) is 0 Å². The summed E-state index contributed by atoms with van der Waals surface area (Å²) in [6.07, 6.45) is 5.55. The average Bonchev–Trinajstić information content (AvgIpc) is 3.10. The molecule has 1 aromatic carbocycles. The second-order valence-electron chi connectivity index (χ2n) is 7.10. The number of aryl methyl sites for hydroxylation is 1. The van der Waals surface area contributed by atoms with Crippen LogP contribution in [0.15, 0.2) is 48.8 Å². The molecule has 0 saturated carbocycles. The summed E-state index contributed by atoms with van der Waals surface area (Å²) in [5, 5.41) is 0. The molecule has 0 unspecified atom stereocenters. The molecule has 3 aromatic rings. The number of fused-ring (bicyclic) bond motifs is 1. The van der Waals surface area contributed by atoms with Gasteiger partial charge in [-0.05, 0) is 49.6 Å². The molecule has 3 heterocycles. The minimum absolute atomic E-state index is 0.0630. The molecular weight excluding hydrogens is 345 g/mol. The Bertz CT molecular complexity index is 969. The Morgan fingerprint density at radius 2 is 2.19 bits per heavy atom. The number of rotatable bonds is 4. The van der Waals surface area contributed by atoms with E-state index in [2.05, 4.69) is 4.98 Å². The number of carbonyl (C=O) groups is 1. The Labute approximate surface area is 157 Å². The van der Waals surface area contributed by atoms with Gasteiger partial charge in [0.2, 0.25) is 0 Å². The Morgan fingerprint density at radius 1 is 1.33 bits per heavy atom. The van der Waals surface area contributed by atoms with Gasteiger partial charge in [0, 0.05) is 31.4 Å². The van der Waals surface area contributed by atoms with Crippen molar-refractivity contribution in [3.63, 3.8) is 0 Å². The summed E-state index contributed by atoms with van der Waals surface area (Å²) >= 11 is 0. The summed E-state index contributed by atoms with van der Waals surface area (Å²) in [5.74, 6) is 0.0198. The first-order valence-electron chi connectivity index (χ1n) is 9.22. The highest BCUT2D eigenvalue weighted by atomic mass is 19.1. The van der Waals surface area contributed by atoms with E-state index < -0.39 is 0 Å². The van der Waals surface area contributed by atoms with Crippen LogP contribution in [0, 0.1) is 18.7 Å². The van der Waals surface area contributed by atoms with Crippen LogP contribution in [0.5, 0.6) is 5.75 Å². The van der Waals surface area contributed by atoms with E-state index in [1.165, 1.54) is 6.07 Å². The van der Waals surface area contributed by atoms with Gasteiger partial charge in [0.25, 0.3) is 5.91 Å². The number of amides is 1. The summed E-state index contributed by atoms with van der Waals surface area (Å²) in [4.78, 5) is 19.2. The van der Waals surface area contributed by atoms with E-state index in [0.29, 0.717) is 25.4 Å². The molecular formula is C21H22FN3O2. The standard InChI is InChI=1S/C21H22FN3O2/c1-15-8-10-24-13-18(23-20(24)11-15)21(26)25-9-4-5-16(12-25)14-27-19-7-3-2-6-17(19)22/h2-3,6-8,10-11,13,16H,4-5,9,12,14H2,1H3/t16-/m1/s1. The van der Waals surface area contributed by atoms with Crippen LogP contribution in [0.1, 0.15) is 28.9 Å². The number of hydrogen-bond donors (Lipinski definition) is 0. The maximum atomic E-state index is 13.7. The third-order valence-electron chi connectivity index (χ3n) is 4.95. The second-order valence-corrected chi connectivity index (χ2v) is 7.10. The van der Waals surface area contributed by atoms with E-state index in [4.69, 9.17) is 4.74 Å². The Kier molecular flexibility index (Phi) is 4.79. The predicted octanol–water partition coefficient (Wildman–Crippen LogP) is 3.71. The monoisotopic (exact) mass is 367 g/mol. The smallest absolute Gasteiger partial charge is 0.274 e. The number of piperidine rings is 1. The zero-order valence-electron chi connectivity index (χ0n) is 15.3. The lowest BCUT2D eigenvalue weighted by molar-refractivity contribution is 0.0626. The van der Waals surface area contributed by atoms with Crippen molar-refractivity contribution < 1.29 is 13.9 Å². The molecule has 2 aromatic heterocycles. The van der Waals surface area contributed by atoms with E-state index in [-0.39, 0.29) is 23.4 Å². The first-order valence-corrected chi connectivity index (χ1v) is 9.22. The first-order chi connectivity index (χ1) is 13.1. The van der Waals surface area contributed by atoms with Crippen molar-refractivity contribution in [3.05, 3.63) is 65.9 Å². The molecule has 0 aliphatic carbocycles. The molecule has 27 heavy (non-hydrogen) atoms. The minimum atomic E-state index is -0.360. The van der Waals surface area contributed by atoms with Crippen molar-refractivity contribution in [1.29, 1.82) is 0 Å². The normalized spacial score (nSPS) is 17.3. The van der Waals surface area contributed by atoms with Gasteiger partial charge in [0.05, 0.1) is 6.61 Å². The number of para-hydroxylation sites is 1. The van der Waals surface area contributed by atoms with E-state index >= 15 is 0 Å². The summed E-state index contributed by atoms with van der Waals surface area (Å²) in [7, 11) is 0. The molecule has 1 atom stereocenters. The number of hydrogen-bond acceptors (Lipinski definition) is 3. The zero-order chi connectivity index (χ0) is 18.8. The van der Waals surface area contributed by atoms with Crippen LogP contribution in [0.3, 0.4) is 0 Å². The molecule has 0 N–H and O–H groups in total. The van der Waals surface area contributed by atoms with Crippen LogP contribution < -0.4 is 4.74 Å². The molecule has 6 heteroatoms. The maximum Gasteiger partial charge on any atom is 0.274 e. The Hall–Kier alpha value is -2.89. The first kappa shape index (κ1) is 17.5. The number of pyridine rings is 1. The molecule has 1 amide bonds. The van der Waals surface area contributed by atoms with Crippen LogP contribution in [0.2, 0.25) is 0 Å². The van der Waals surface area contributed by atoms with Gasteiger partial charge in [-0.15, -0.1) is 0 Å². The van der Waals surface area contributed by atoms with Crippen molar-refractivity contribution >= 4 is 11.6 Å². The summed E-state index contributed by atoms with van der Waals surface area (Å²) in [6, 6.07) is 10.3. The topological polar surface area (TPSA) is 46.8 Å². The maximum absolute atomic E-state index is 13.7. The highest BCUT2D eigenvalue weighted by Gasteiger charge is 2.26. The van der Waals surface area contributed by atoms with Gasteiger partial charge in [0.15, 0.2) is 11.6 Å². The van der Waals surface area contributed by atoms with Gasteiger partial charge in [0.1, 0.15) is 11.3 Å². The van der Waals surface area contributed by atoms with Crippen LogP contribution in [-0.4, -0.2) is 39.9 Å². The molecule has 1 aliphatic heterocycles. The number of likely N-dealkylation sites (tertiary alicyclic amines) is 1. The predicted molar refractivity (Wildman–Crippen MR) is 100 cm³/mol. The van der Waals surface area contributed by atoms with Crippen molar-refractivity contribution in [2.45, 2.75) is 19.8 Å². The number of carbonyl (C=O) groups excluding carboxylic acids is 1. The molecule has 1 aliphatic rings. The summed E-state index contributed by atoms with van der Waals surface area (Å²) in [5.41, 5.74) is 2.33. The van der Waals surface area contributed by atoms with Crippen molar-refractivity contribution in [2.24, 2.45) is 5.92 Å². The molecule has 140 valence electrons. The molecule has 0 spiro atoms. The molecule has 1 fully saturated rings. The van der Waals surface area contributed by atoms with E-state index in [9.17, 15) is 9.18 Å². The fraction of sp³-hybridized carbons (Fsp3) is 0.333. The zero-order valence-corrected chi connectivity index (χ0v) is 15.3. The molecule has 5 nitrogen and oxygen atoms in total. The third-order valence-corrected chi connectivity index (χ3v) is 4.95. The fourth-order valence-electron chi connectivity index (χ4n) is 3.50. The molecule has 0 bridgehead atoms. The highest BCUT2D eigenvalue weighted by Crippen LogP contribution is 2.22. The summed E-state index contributed by atoms with van der Waals surface area (Å²) < 4.78 is 21.2. The summed E-state index contributed by atoms with van der Waals surface area (Å²) in [6.45, 7) is 3.71. The number of aromatic nitrogens is 2. The number of benzene rings is 1. The number of halogens is 1. The number of ether oxygens (including phenoxy) is 1. The third kappa shape index (κ3) is 3.79. The van der Waals surface area contributed by atoms with Crippen LogP contribution >= 0.6 is 0 Å². The Balaban J connectivity index is 1.42. The lowest BCUT2D eigenvalue weighted by Gasteiger charge is -2.32. The quantitative estimate of drug-likeness (QED) is 0.706. The van der Waals surface area contributed by atoms with Crippen LogP contribution in [0.25, 0.3) is 5.65 Å². The van der Waals surface area contributed by atoms with Gasteiger partial charge in [-0.2, -0.15) is 0 Å². The molecule has 1 saturated heterocycles. The second kappa shape index (κ2) is 7.39. The van der Waals surface area contributed by atoms with E-state index in [1.807, 2.05) is 34.6 Å². The molecule has 0 radical (unpaired) electrons. The Morgan fingerprint density at radius 3 is 3.04 bits per heavy atom. The van der Waals surface area contributed by atoms with Gasteiger partial charge in [-0.3, -0.25) is 4.79 Å². The highest BCUT2D eigenvalue weighted by molar-refractivity contribution is 5.93. The van der Waals surface area contributed by atoms with Gasteiger partial charge >= 0.3 is 0 Å². The van der Waals surface area contributed by atoms with Gasteiger partial charge in [-0.1, -0.05) is 12.1 Å². The number of imidazole rings is 1. The SMILES string of the molecule is Cc1ccn2cc(C(=O)N3CCC[C@@H](COc4ccccc4F)C3)nc2c1. The minimum Gasteiger partial charge on any atom is -0.490 e. The van der Waals surface area contributed by atoms with Gasteiger partial charge < -0.3 is 14.0 Å². The van der Waals surface area contributed by atoms with Crippen molar-refractivity contribution in [1.82, 2.24) is 14.3 Å². The fourth-order valence-corrected chi connectivity index (χ4v) is 3.50. The van der Waals surface area contributed by atoms with Crippen molar-refractivity contribution in [2.75, 3.05) is 19.7 Å². The lowest BCUT2D eigenvalue weighted by atomic mass is 9.98. The van der Waals surface area contributed by atoms with E-state index in [1.54, 1.807) is 24.4 Å². The van der Waals surface area contributed by atoms with Crippen LogP contribution in [0.4, 0.5) is 4.39 Å². The largest absolute Gasteiger partial charge is 0.490 e. The van der Waals surface area contributed by atoms with Crippen molar-refractivity contribution in [3.8, 4) is 5.75 Å². The lowest BCUT2D eigenvalue weighted by Crippen LogP contribution is -2.41. The molecule has 4 rings (SSSR count). The van der Waals surface area contributed by atoms with E-state index in [0.717, 1.165) is 24.1 Å². The number of nitrogens with zero attached hydrogens (tertiary/aromatic N) is 3. The average molecular weight is 367 g/mol. The van der Waals surface area contributed by atoms with Gasteiger partial charge in [-0.25, -0.2) is 9.37 Å².